The first-order chi connectivity index (χ1) is 18.4. The van der Waals surface area contributed by atoms with E-state index in [4.69, 9.17) is 9.90 Å². The van der Waals surface area contributed by atoms with Gasteiger partial charge < -0.3 is 15.1 Å². The minimum Gasteiger partial charge on any atom is -0.478 e. The van der Waals surface area contributed by atoms with E-state index in [1.807, 2.05) is 25.6 Å². The third-order valence-corrected chi connectivity index (χ3v) is 7.05. The molecule has 0 saturated carbocycles. The number of carboxylic acids is 2. The van der Waals surface area contributed by atoms with Gasteiger partial charge in [-0.2, -0.15) is 18.3 Å². The number of rotatable bonds is 9. The van der Waals surface area contributed by atoms with Gasteiger partial charge in [-0.15, -0.1) is 0 Å². The predicted molar refractivity (Wildman–Crippen MR) is 136 cm³/mol. The largest absolute Gasteiger partial charge is 0.490 e. The van der Waals surface area contributed by atoms with Crippen molar-refractivity contribution in [1.29, 1.82) is 0 Å². The van der Waals surface area contributed by atoms with Gasteiger partial charge in [0.15, 0.2) is 5.82 Å². The highest BCUT2D eigenvalue weighted by molar-refractivity contribution is 7.92. The summed E-state index contributed by atoms with van der Waals surface area (Å²) in [5.74, 6) is -4.28. The average Bonchev–Trinajstić information content (AvgIpc) is 3.09. The molecule has 0 spiro atoms. The number of nitrogens with zero attached hydrogens (tertiary/aromatic N) is 4. The van der Waals surface area contributed by atoms with Gasteiger partial charge >= 0.3 is 18.1 Å². The molecule has 0 atom stereocenters. The van der Waals surface area contributed by atoms with Crippen LogP contribution in [0.4, 0.5) is 29.1 Å². The minimum atomic E-state index is -5.08. The molecule has 3 rings (SSSR count). The number of carbonyl (C=O) groups is 2. The van der Waals surface area contributed by atoms with Gasteiger partial charge in [-0.05, 0) is 62.6 Å². The van der Waals surface area contributed by atoms with E-state index in [0.29, 0.717) is 6.54 Å². The molecule has 0 aliphatic heterocycles. The van der Waals surface area contributed by atoms with Crippen LogP contribution in [0.3, 0.4) is 0 Å². The second kappa shape index (κ2) is 12.8. The topological polar surface area (TPSA) is 155 Å². The lowest BCUT2D eigenvalue weighted by Gasteiger charge is -2.22. The summed E-state index contributed by atoms with van der Waals surface area (Å²) in [6, 6.07) is 5.56. The maximum Gasteiger partial charge on any atom is 0.490 e. The summed E-state index contributed by atoms with van der Waals surface area (Å²) in [4.78, 5) is 26.1. The minimum absolute atomic E-state index is 0.0236. The molecule has 3 N–H and O–H groups in total. The molecular weight excluding hydrogens is 562 g/mol. The van der Waals surface area contributed by atoms with Gasteiger partial charge in [0.05, 0.1) is 21.8 Å². The number of aromatic nitrogens is 3. The van der Waals surface area contributed by atoms with E-state index in [0.717, 1.165) is 54.1 Å². The first-order valence-corrected chi connectivity index (χ1v) is 12.9. The molecule has 2 heterocycles. The van der Waals surface area contributed by atoms with Crippen molar-refractivity contribution in [2.45, 2.75) is 37.8 Å². The van der Waals surface area contributed by atoms with Gasteiger partial charge in [0.25, 0.3) is 10.0 Å². The third-order valence-electron chi connectivity index (χ3n) is 5.67. The lowest BCUT2D eigenvalue weighted by molar-refractivity contribution is -0.192. The van der Waals surface area contributed by atoms with Gasteiger partial charge in [0.1, 0.15) is 5.82 Å². The molecule has 0 fully saturated rings. The SMILES string of the molecule is Cc1nn(C)c(C)c1CCCN(C)c1ncc(C(=O)O)cc1NS(=O)(=O)c1ccc(F)cc1.O=C(O)C(F)(F)F. The number of nitrogens with one attached hydrogen (secondary N) is 1. The number of sulfonamides is 1. The molecule has 0 radical (unpaired) electrons. The Hall–Kier alpha value is -4.21. The van der Waals surface area contributed by atoms with E-state index in [-0.39, 0.29) is 22.0 Å². The summed E-state index contributed by atoms with van der Waals surface area (Å²) >= 11 is 0. The van der Waals surface area contributed by atoms with Crippen molar-refractivity contribution in [3.05, 3.63) is 64.9 Å². The number of aliphatic carboxylic acids is 1. The third kappa shape index (κ3) is 8.39. The lowest BCUT2D eigenvalue weighted by atomic mass is 10.1. The number of halogens is 4. The van der Waals surface area contributed by atoms with E-state index in [1.54, 1.807) is 11.9 Å². The monoisotopic (exact) mass is 589 g/mol. The number of benzene rings is 1. The molecule has 3 aromatic rings. The summed E-state index contributed by atoms with van der Waals surface area (Å²) in [6.45, 7) is 4.51. The molecule has 11 nitrogen and oxygen atoms in total. The summed E-state index contributed by atoms with van der Waals surface area (Å²) < 4.78 is 74.8. The van der Waals surface area contributed by atoms with Gasteiger partial charge in [-0.3, -0.25) is 9.40 Å². The number of alkyl halides is 3. The highest BCUT2D eigenvalue weighted by atomic mass is 32.2. The van der Waals surface area contributed by atoms with Gasteiger partial charge in [0.2, 0.25) is 0 Å². The number of aromatic carboxylic acids is 1. The number of pyridine rings is 1. The van der Waals surface area contributed by atoms with Crippen molar-refractivity contribution in [1.82, 2.24) is 14.8 Å². The summed E-state index contributed by atoms with van der Waals surface area (Å²) in [5, 5.41) is 20.9. The van der Waals surface area contributed by atoms with Crippen LogP contribution in [0.1, 0.15) is 33.7 Å². The van der Waals surface area contributed by atoms with Crippen LogP contribution < -0.4 is 9.62 Å². The fourth-order valence-corrected chi connectivity index (χ4v) is 4.60. The zero-order valence-corrected chi connectivity index (χ0v) is 22.6. The van der Waals surface area contributed by atoms with Crippen LogP contribution in [0.15, 0.2) is 41.4 Å². The molecule has 0 unspecified atom stereocenters. The number of carboxylic acid groups (broad SMARTS) is 2. The highest BCUT2D eigenvalue weighted by Crippen LogP contribution is 2.27. The second-order valence-electron chi connectivity index (χ2n) is 8.56. The van der Waals surface area contributed by atoms with E-state index >= 15 is 0 Å². The standard InChI is InChI=1S/C22H26FN5O4S.C2HF3O2/c1-14-19(15(2)28(4)25-14)6-5-11-27(3)21-20(12-16(13-24-21)22(29)30)26-33(31,32)18-9-7-17(23)8-10-18;3-2(4,5)1(6)7/h7-10,12-13,26H,5-6,11H2,1-4H3,(H,29,30);(H,6,7). The zero-order chi connectivity index (χ0) is 30.4. The molecule has 0 aliphatic rings. The predicted octanol–water partition coefficient (Wildman–Crippen LogP) is 3.77. The van der Waals surface area contributed by atoms with Crippen molar-refractivity contribution < 1.29 is 45.8 Å². The molecule has 0 bridgehead atoms. The maximum absolute atomic E-state index is 13.2. The number of aryl methyl sites for hydroxylation is 2. The molecule has 16 heteroatoms. The van der Waals surface area contributed by atoms with Crippen LogP contribution in [0, 0.1) is 19.7 Å². The first-order valence-electron chi connectivity index (χ1n) is 11.5. The lowest BCUT2D eigenvalue weighted by Crippen LogP contribution is -2.24. The molecule has 0 amide bonds. The van der Waals surface area contributed by atoms with Crippen LogP contribution in [-0.2, 0) is 28.3 Å². The zero-order valence-electron chi connectivity index (χ0n) is 21.8. The Kier molecular flexibility index (Phi) is 10.2. The van der Waals surface area contributed by atoms with Crippen LogP contribution in [0.25, 0.3) is 0 Å². The number of anilines is 2. The van der Waals surface area contributed by atoms with Crippen LogP contribution >= 0.6 is 0 Å². The van der Waals surface area contributed by atoms with Crippen LogP contribution in [0.2, 0.25) is 0 Å². The fraction of sp³-hybridized carbons (Fsp3) is 0.333. The van der Waals surface area contributed by atoms with E-state index in [9.17, 15) is 35.9 Å². The van der Waals surface area contributed by atoms with E-state index < -0.39 is 34.0 Å². The van der Waals surface area contributed by atoms with Gasteiger partial charge in [-0.1, -0.05) is 0 Å². The Morgan fingerprint density at radius 1 is 1.12 bits per heavy atom. The van der Waals surface area contributed by atoms with Crippen molar-refractivity contribution in [3.63, 3.8) is 0 Å². The molecule has 0 aliphatic carbocycles. The maximum atomic E-state index is 13.2. The van der Waals surface area contributed by atoms with E-state index in [2.05, 4.69) is 14.8 Å². The number of hydrogen-bond donors (Lipinski definition) is 3. The van der Waals surface area contributed by atoms with Crippen LogP contribution in [-0.4, -0.2) is 65.1 Å². The van der Waals surface area contributed by atoms with Crippen molar-refractivity contribution in [2.75, 3.05) is 23.2 Å². The van der Waals surface area contributed by atoms with Gasteiger partial charge in [-0.25, -0.2) is 27.4 Å². The molecule has 40 heavy (non-hydrogen) atoms. The Morgan fingerprint density at radius 3 is 2.17 bits per heavy atom. The van der Waals surface area contributed by atoms with Crippen molar-refractivity contribution >= 4 is 33.5 Å². The van der Waals surface area contributed by atoms with Crippen molar-refractivity contribution in [3.8, 4) is 0 Å². The summed E-state index contributed by atoms with van der Waals surface area (Å²) in [5.41, 5.74) is 3.08. The molecule has 218 valence electrons. The quantitative estimate of drug-likeness (QED) is 0.316. The first kappa shape index (κ1) is 32.0. The smallest absolute Gasteiger partial charge is 0.478 e. The number of hydrogen-bond acceptors (Lipinski definition) is 7. The normalized spacial score (nSPS) is 11.4. The summed E-state index contributed by atoms with van der Waals surface area (Å²) in [7, 11) is -0.442. The Morgan fingerprint density at radius 2 is 1.70 bits per heavy atom. The fourth-order valence-electron chi connectivity index (χ4n) is 3.55. The average molecular weight is 590 g/mol. The second-order valence-corrected chi connectivity index (χ2v) is 10.2. The van der Waals surface area contributed by atoms with Gasteiger partial charge in [0, 0.05) is 32.5 Å². The Balaban J connectivity index is 0.000000708. The van der Waals surface area contributed by atoms with E-state index in [1.165, 1.54) is 12.3 Å². The van der Waals surface area contributed by atoms with Crippen molar-refractivity contribution in [2.24, 2.45) is 7.05 Å². The molecular formula is C24H27F4N5O6S. The Bertz CT molecular complexity index is 1470. The van der Waals surface area contributed by atoms with Crippen LogP contribution in [0.5, 0.6) is 0 Å². The molecule has 1 aromatic carbocycles. The highest BCUT2D eigenvalue weighted by Gasteiger charge is 2.38. The summed E-state index contributed by atoms with van der Waals surface area (Å²) in [6.07, 6.45) is -2.38. The Labute approximate surface area is 227 Å². The molecule has 2 aromatic heterocycles. The molecule has 0 saturated heterocycles.